The van der Waals surface area contributed by atoms with Crippen LogP contribution < -0.4 is 21.2 Å². The second-order valence-electron chi connectivity index (χ2n) is 7.37. The van der Waals surface area contributed by atoms with Crippen LogP contribution in [0.25, 0.3) is 0 Å². The molecule has 0 saturated carbocycles. The van der Waals surface area contributed by atoms with Gasteiger partial charge in [0.25, 0.3) is 0 Å². The zero-order valence-electron chi connectivity index (χ0n) is 18.8. The zero-order chi connectivity index (χ0) is 23.5. The van der Waals surface area contributed by atoms with E-state index in [1.54, 1.807) is 0 Å². The summed E-state index contributed by atoms with van der Waals surface area (Å²) in [6.07, 6.45) is 0.669. The third-order valence-corrected chi connectivity index (χ3v) is 17.5. The Bertz CT molecular complexity index is 969. The van der Waals surface area contributed by atoms with Crippen molar-refractivity contribution < 1.29 is 14.2 Å². The van der Waals surface area contributed by atoms with Crippen LogP contribution in [0.15, 0.2) is 121 Å². The quantitative estimate of drug-likeness (QED) is 0.149. The van der Waals surface area contributed by atoms with Gasteiger partial charge in [0, 0.05) is 0 Å². The van der Waals surface area contributed by atoms with Crippen LogP contribution in [0, 0.1) is 0 Å². The normalized spacial score (nSPS) is 12.1. The molecule has 4 rings (SSSR count). The number of hydrogen-bond acceptors (Lipinski definition) is 0. The molecular weight excluding hydrogens is 576 g/mol. The average Bonchev–Trinajstić information content (AvgIpc) is 2.87. The van der Waals surface area contributed by atoms with Gasteiger partial charge in [-0.1, -0.05) is 74.5 Å². The minimum atomic E-state index is -1.51. The van der Waals surface area contributed by atoms with E-state index in [2.05, 4.69) is 98.8 Å². The number of rotatable bonds is 7. The van der Waals surface area contributed by atoms with Gasteiger partial charge < -0.3 is 0 Å². The van der Waals surface area contributed by atoms with Crippen molar-refractivity contribution in [1.29, 1.82) is 0 Å². The first-order chi connectivity index (χ1) is 16.1. The molecule has 0 bridgehead atoms. The van der Waals surface area contributed by atoms with Crippen LogP contribution in [-0.4, -0.2) is 5.66 Å². The molecule has 1 unspecified atom stereocenters. The van der Waals surface area contributed by atoms with Crippen molar-refractivity contribution >= 4 is 54.3 Å². The van der Waals surface area contributed by atoms with Crippen LogP contribution in [-0.2, 0) is 14.2 Å². The van der Waals surface area contributed by atoms with Gasteiger partial charge in [-0.05, 0) is 30.6 Å². The summed E-state index contributed by atoms with van der Waals surface area (Å²) in [6, 6.07) is 42.5. The second kappa shape index (κ2) is 14.4. The number of halogens is 2. The molecule has 175 valence electrons. The molecule has 0 amide bonds. The summed E-state index contributed by atoms with van der Waals surface area (Å²) < 4.78 is 0. The zero-order valence-corrected chi connectivity index (χ0v) is 23.7. The molecule has 0 aliphatic carbocycles. The monoisotopic (exact) mass is 603 g/mol. The van der Waals surface area contributed by atoms with Gasteiger partial charge in [-0.2, -0.15) is 0 Å². The summed E-state index contributed by atoms with van der Waals surface area (Å²) in [4.78, 5) is 0. The Morgan fingerprint density at radius 3 is 1.15 bits per heavy atom. The van der Waals surface area contributed by atoms with Crippen LogP contribution in [0.3, 0.4) is 0 Å². The predicted molar refractivity (Wildman–Crippen MR) is 150 cm³/mol. The summed E-state index contributed by atoms with van der Waals surface area (Å²) in [7, 11) is 12.2. The van der Waals surface area contributed by atoms with Crippen LogP contribution in [0.4, 0.5) is 0 Å². The standard InChI is InChI=1S/C16H19P.C12H10P.2ClH.Pd/c1-3-14(2)17(15-10-6-4-7-11-15)16-12-8-5-9-13-16;1-3-7-11(8-4-1)13-12-9-5-2-6-10-12;;;/h4-14H,3H2,1-2H3;1-10H;2*1H;/q;-1;;;+3/p-2. The Hall–Kier alpha value is -1.02. The second-order valence-corrected chi connectivity index (χ2v) is 21.6. The molecule has 4 aromatic rings. The van der Waals surface area contributed by atoms with Crippen LogP contribution in [0.2, 0.25) is 0 Å². The van der Waals surface area contributed by atoms with Gasteiger partial charge in [0.1, 0.15) is 0 Å². The SMILES string of the molecule is CCC(C)P(c1ccccc1)c1ccccc1.[Cl][Pd]([Cl])[P](c1ccccc1)c1ccccc1. The molecule has 0 aliphatic rings. The van der Waals surface area contributed by atoms with E-state index in [9.17, 15) is 0 Å². The molecule has 0 saturated heterocycles. The molecule has 5 heteroatoms. The van der Waals surface area contributed by atoms with E-state index in [-0.39, 0.29) is 7.92 Å². The maximum absolute atomic E-state index is 6.22. The van der Waals surface area contributed by atoms with Gasteiger partial charge in [0.15, 0.2) is 0 Å². The molecule has 0 N–H and O–H groups in total. The Labute approximate surface area is 214 Å². The van der Waals surface area contributed by atoms with Crippen molar-refractivity contribution in [2.24, 2.45) is 0 Å². The maximum atomic E-state index is 6.22. The summed E-state index contributed by atoms with van der Waals surface area (Å²) >= 11 is -1.51. The molecule has 0 nitrogen and oxygen atoms in total. The van der Waals surface area contributed by atoms with Gasteiger partial charge in [-0.25, -0.2) is 0 Å². The third-order valence-electron chi connectivity index (χ3n) is 5.14. The molecule has 0 fully saturated rings. The van der Waals surface area contributed by atoms with Gasteiger partial charge >= 0.3 is 111 Å². The van der Waals surface area contributed by atoms with Gasteiger partial charge in [-0.15, -0.1) is 0 Å². The van der Waals surface area contributed by atoms with Crippen molar-refractivity contribution in [2.75, 3.05) is 0 Å². The molecule has 0 spiro atoms. The Kier molecular flexibility index (Phi) is 11.6. The van der Waals surface area contributed by atoms with E-state index in [1.165, 1.54) is 27.6 Å². The minimum absolute atomic E-state index is 0.212. The van der Waals surface area contributed by atoms with Crippen molar-refractivity contribution in [1.82, 2.24) is 0 Å². The number of hydrogen-bond donors (Lipinski definition) is 0. The summed E-state index contributed by atoms with van der Waals surface area (Å²) in [6.45, 7) is 4.65. The predicted octanol–water partition coefficient (Wildman–Crippen LogP) is 7.88. The average molecular weight is 605 g/mol. The first-order valence-electron chi connectivity index (χ1n) is 10.9. The van der Waals surface area contributed by atoms with Crippen LogP contribution in [0.5, 0.6) is 0 Å². The van der Waals surface area contributed by atoms with Crippen molar-refractivity contribution in [3.8, 4) is 0 Å². The van der Waals surface area contributed by atoms with Crippen molar-refractivity contribution in [3.05, 3.63) is 121 Å². The van der Waals surface area contributed by atoms with Crippen LogP contribution in [0.1, 0.15) is 20.3 Å². The molecule has 0 aromatic heterocycles. The first-order valence-corrected chi connectivity index (χ1v) is 19.5. The Morgan fingerprint density at radius 2 is 0.879 bits per heavy atom. The molecule has 0 aliphatic heterocycles. The molecule has 1 atom stereocenters. The molecule has 0 heterocycles. The van der Waals surface area contributed by atoms with E-state index in [1.807, 2.05) is 36.4 Å². The molecule has 4 aromatic carbocycles. The summed E-state index contributed by atoms with van der Waals surface area (Å²) in [5, 5.41) is 5.50. The van der Waals surface area contributed by atoms with E-state index in [4.69, 9.17) is 19.1 Å². The fourth-order valence-electron chi connectivity index (χ4n) is 3.39. The molecule has 0 radical (unpaired) electrons. The van der Waals surface area contributed by atoms with Crippen molar-refractivity contribution in [2.45, 2.75) is 25.9 Å². The fourth-order valence-corrected chi connectivity index (χ4v) is 15.0. The van der Waals surface area contributed by atoms with E-state index in [0.29, 0.717) is 0 Å². The van der Waals surface area contributed by atoms with Gasteiger partial charge in [0.05, 0.1) is 0 Å². The van der Waals surface area contributed by atoms with Gasteiger partial charge in [-0.3, -0.25) is 0 Å². The molecule has 33 heavy (non-hydrogen) atoms. The Morgan fingerprint density at radius 1 is 0.576 bits per heavy atom. The van der Waals surface area contributed by atoms with Gasteiger partial charge in [0.2, 0.25) is 0 Å². The number of benzene rings is 4. The summed E-state index contributed by atoms with van der Waals surface area (Å²) in [5.74, 6) is 0. The Balaban J connectivity index is 0.000000186. The topological polar surface area (TPSA) is 0 Å². The van der Waals surface area contributed by atoms with E-state index in [0.717, 1.165) is 5.66 Å². The fraction of sp³-hybridized carbons (Fsp3) is 0.143. The van der Waals surface area contributed by atoms with E-state index >= 15 is 0 Å². The molecular formula is C28H29Cl2P2Pd. The van der Waals surface area contributed by atoms with E-state index < -0.39 is 20.3 Å². The summed E-state index contributed by atoms with van der Waals surface area (Å²) in [5.41, 5.74) is 0.731. The first kappa shape index (κ1) is 26.6. The van der Waals surface area contributed by atoms with Crippen LogP contribution >= 0.6 is 33.1 Å². The van der Waals surface area contributed by atoms with Crippen molar-refractivity contribution in [3.63, 3.8) is 0 Å². The third kappa shape index (κ3) is 8.01.